The normalized spacial score (nSPS) is 17.6. The van der Waals surface area contributed by atoms with Crippen molar-refractivity contribution in [1.29, 1.82) is 0 Å². The van der Waals surface area contributed by atoms with Gasteiger partial charge in [0.05, 0.1) is 18.7 Å². The van der Waals surface area contributed by atoms with Crippen LogP contribution in [0.4, 0.5) is 0 Å². The zero-order valence-corrected chi connectivity index (χ0v) is 11.9. The van der Waals surface area contributed by atoms with Crippen molar-refractivity contribution in [3.63, 3.8) is 0 Å². The highest BCUT2D eigenvalue weighted by molar-refractivity contribution is 6.39. The van der Waals surface area contributed by atoms with E-state index in [4.69, 9.17) is 0 Å². The number of hydrogen-bond acceptors (Lipinski definition) is 4. The third-order valence-corrected chi connectivity index (χ3v) is 4.01. The Labute approximate surface area is 121 Å². The van der Waals surface area contributed by atoms with Gasteiger partial charge in [-0.3, -0.25) is 9.59 Å². The van der Waals surface area contributed by atoms with Crippen LogP contribution in [-0.2, 0) is 20.7 Å². The Bertz CT molecular complexity index is 772. The lowest BCUT2D eigenvalue weighted by Gasteiger charge is -2.18. The van der Waals surface area contributed by atoms with Gasteiger partial charge in [-0.05, 0) is 37.0 Å². The van der Waals surface area contributed by atoms with Gasteiger partial charge >= 0.3 is 5.97 Å². The number of aromatic amines is 1. The van der Waals surface area contributed by atoms with Gasteiger partial charge in [-0.25, -0.2) is 4.79 Å². The molecule has 0 amide bonds. The highest BCUT2D eigenvalue weighted by Gasteiger charge is 2.38. The number of ether oxygens (including phenoxy) is 1. The van der Waals surface area contributed by atoms with Crippen molar-refractivity contribution in [2.24, 2.45) is 5.92 Å². The summed E-state index contributed by atoms with van der Waals surface area (Å²) in [6.07, 6.45) is 0.943. The Hall–Kier alpha value is -2.43. The van der Waals surface area contributed by atoms with Gasteiger partial charge in [0.25, 0.3) is 5.78 Å². The molecule has 1 atom stereocenters. The molecule has 0 saturated carbocycles. The minimum Gasteiger partial charge on any atom is -0.463 e. The molecule has 5 heteroatoms. The molecule has 1 aliphatic rings. The largest absolute Gasteiger partial charge is 0.463 e. The Morgan fingerprint density at radius 1 is 1.33 bits per heavy atom. The highest BCUT2D eigenvalue weighted by Crippen LogP contribution is 2.32. The number of hydrogen-bond donors (Lipinski definition) is 1. The van der Waals surface area contributed by atoms with Crippen LogP contribution in [0.1, 0.15) is 28.0 Å². The molecule has 2 aromatic rings. The monoisotopic (exact) mass is 285 g/mol. The summed E-state index contributed by atoms with van der Waals surface area (Å²) in [5, 5.41) is 1.01. The second kappa shape index (κ2) is 4.84. The van der Waals surface area contributed by atoms with E-state index in [2.05, 4.69) is 9.72 Å². The number of fused-ring (bicyclic) bond motifs is 3. The first kappa shape index (κ1) is 13.5. The topological polar surface area (TPSA) is 76.2 Å². The summed E-state index contributed by atoms with van der Waals surface area (Å²) in [6.45, 7) is 1.98. The quantitative estimate of drug-likeness (QED) is 0.520. The second-order valence-corrected chi connectivity index (χ2v) is 5.34. The molecule has 1 heterocycles. The fraction of sp³-hybridized carbons (Fsp3) is 0.312. The van der Waals surface area contributed by atoms with Crippen LogP contribution in [0.3, 0.4) is 0 Å². The molecule has 21 heavy (non-hydrogen) atoms. The van der Waals surface area contributed by atoms with E-state index in [1.807, 2.05) is 25.1 Å². The van der Waals surface area contributed by atoms with E-state index in [0.717, 1.165) is 29.1 Å². The minimum absolute atomic E-state index is 0.319. The van der Waals surface area contributed by atoms with E-state index < -0.39 is 17.7 Å². The fourth-order valence-electron chi connectivity index (χ4n) is 2.93. The van der Waals surface area contributed by atoms with Gasteiger partial charge < -0.3 is 9.72 Å². The van der Waals surface area contributed by atoms with Crippen molar-refractivity contribution < 1.29 is 19.1 Å². The number of H-pyrrole nitrogens is 1. The van der Waals surface area contributed by atoms with Gasteiger partial charge in [0, 0.05) is 10.9 Å². The Kier molecular flexibility index (Phi) is 3.12. The molecule has 108 valence electrons. The summed E-state index contributed by atoms with van der Waals surface area (Å²) in [6, 6.07) is 5.94. The van der Waals surface area contributed by atoms with Gasteiger partial charge in [-0.15, -0.1) is 0 Å². The van der Waals surface area contributed by atoms with E-state index in [1.54, 1.807) is 0 Å². The van der Waals surface area contributed by atoms with E-state index in [1.165, 1.54) is 0 Å². The van der Waals surface area contributed by atoms with Gasteiger partial charge in [-0.1, -0.05) is 12.1 Å². The molecule has 1 aliphatic carbocycles. The third-order valence-electron chi connectivity index (χ3n) is 4.01. The molecule has 1 aromatic heterocycles. The first-order valence-electron chi connectivity index (χ1n) is 6.80. The first-order chi connectivity index (χ1) is 10.0. The third kappa shape index (κ3) is 2.05. The van der Waals surface area contributed by atoms with Crippen LogP contribution in [0, 0.1) is 12.8 Å². The highest BCUT2D eigenvalue weighted by atomic mass is 16.5. The maximum Gasteiger partial charge on any atom is 0.375 e. The molecule has 1 N–H and O–H groups in total. The molecule has 3 rings (SSSR count). The number of benzene rings is 1. The summed E-state index contributed by atoms with van der Waals surface area (Å²) in [5.74, 6) is -2.97. The zero-order chi connectivity index (χ0) is 15.1. The molecule has 0 aliphatic heterocycles. The number of rotatable bonds is 2. The fourth-order valence-corrected chi connectivity index (χ4v) is 2.93. The van der Waals surface area contributed by atoms with E-state index >= 15 is 0 Å². The average molecular weight is 285 g/mol. The van der Waals surface area contributed by atoms with Crippen LogP contribution in [0.25, 0.3) is 10.9 Å². The lowest BCUT2D eigenvalue weighted by Crippen LogP contribution is -2.34. The van der Waals surface area contributed by atoms with Crippen molar-refractivity contribution >= 4 is 28.4 Å². The van der Waals surface area contributed by atoms with Gasteiger partial charge in [-0.2, -0.15) is 0 Å². The average Bonchev–Trinajstić information content (AvgIpc) is 2.84. The van der Waals surface area contributed by atoms with Crippen molar-refractivity contribution in [1.82, 2.24) is 4.98 Å². The number of methoxy groups -OCH3 is 1. The number of nitrogens with one attached hydrogen (secondary N) is 1. The molecule has 1 unspecified atom stereocenters. The Morgan fingerprint density at radius 3 is 2.81 bits per heavy atom. The predicted molar refractivity (Wildman–Crippen MR) is 76.2 cm³/mol. The SMILES string of the molecule is COC(=O)C(=O)C1CCc2c([nH]c3cc(C)ccc23)C1=O. The lowest BCUT2D eigenvalue weighted by atomic mass is 9.83. The van der Waals surface area contributed by atoms with E-state index in [0.29, 0.717) is 18.5 Å². The summed E-state index contributed by atoms with van der Waals surface area (Å²) in [4.78, 5) is 38.8. The van der Waals surface area contributed by atoms with Gasteiger partial charge in [0.15, 0.2) is 5.78 Å². The number of esters is 1. The zero-order valence-electron chi connectivity index (χ0n) is 11.9. The van der Waals surface area contributed by atoms with Crippen LogP contribution in [0.5, 0.6) is 0 Å². The number of ketones is 2. The molecule has 0 bridgehead atoms. The van der Waals surface area contributed by atoms with Crippen LogP contribution in [0.15, 0.2) is 18.2 Å². The first-order valence-corrected chi connectivity index (χ1v) is 6.80. The van der Waals surface area contributed by atoms with E-state index in [9.17, 15) is 14.4 Å². The summed E-state index contributed by atoms with van der Waals surface area (Å²) >= 11 is 0. The Balaban J connectivity index is 2.04. The van der Waals surface area contributed by atoms with Crippen LogP contribution >= 0.6 is 0 Å². The van der Waals surface area contributed by atoms with Crippen LogP contribution < -0.4 is 0 Å². The maximum atomic E-state index is 12.5. The smallest absolute Gasteiger partial charge is 0.375 e. The number of aryl methyl sites for hydroxylation is 2. The minimum atomic E-state index is -0.955. The number of carbonyl (C=O) groups excluding carboxylic acids is 3. The van der Waals surface area contributed by atoms with Crippen molar-refractivity contribution in [3.05, 3.63) is 35.0 Å². The van der Waals surface area contributed by atoms with Crippen molar-refractivity contribution in [2.75, 3.05) is 7.11 Å². The lowest BCUT2D eigenvalue weighted by molar-refractivity contribution is -0.153. The molecule has 0 radical (unpaired) electrons. The molecule has 0 spiro atoms. The standard InChI is InChI=1S/C16H15NO4/c1-8-3-4-9-10-5-6-11(15(19)16(20)21-2)14(18)13(10)17-12(9)7-8/h3-4,7,11,17H,5-6H2,1-2H3. The van der Waals surface area contributed by atoms with E-state index in [-0.39, 0.29) is 5.78 Å². The molecule has 0 fully saturated rings. The van der Waals surface area contributed by atoms with Crippen LogP contribution in [-0.4, -0.2) is 29.6 Å². The number of carbonyl (C=O) groups is 3. The summed E-state index contributed by atoms with van der Waals surface area (Å²) in [7, 11) is 1.14. The summed E-state index contributed by atoms with van der Waals surface area (Å²) in [5.41, 5.74) is 3.36. The summed E-state index contributed by atoms with van der Waals surface area (Å²) < 4.78 is 4.43. The molecule has 5 nitrogen and oxygen atoms in total. The molecule has 1 aromatic carbocycles. The number of aromatic nitrogens is 1. The molecular weight excluding hydrogens is 270 g/mol. The maximum absolute atomic E-state index is 12.5. The van der Waals surface area contributed by atoms with Gasteiger partial charge in [0.2, 0.25) is 0 Å². The van der Waals surface area contributed by atoms with Crippen molar-refractivity contribution in [3.8, 4) is 0 Å². The predicted octanol–water partition coefficient (Wildman–Crippen LogP) is 1.96. The molecule has 0 saturated heterocycles. The van der Waals surface area contributed by atoms with Crippen LogP contribution in [0.2, 0.25) is 0 Å². The number of Topliss-reactive ketones (excluding diaryl/α,β-unsaturated/α-hetero) is 2. The molecular formula is C16H15NO4. The van der Waals surface area contributed by atoms with Crippen molar-refractivity contribution in [2.45, 2.75) is 19.8 Å². The van der Waals surface area contributed by atoms with Gasteiger partial charge in [0.1, 0.15) is 0 Å². The second-order valence-electron chi connectivity index (χ2n) is 5.34. The Morgan fingerprint density at radius 2 is 2.10 bits per heavy atom.